The largest absolute Gasteiger partial charge is 0.251 e. The zero-order chi connectivity index (χ0) is 20.0. The van der Waals surface area contributed by atoms with Gasteiger partial charge in [0.15, 0.2) is 0 Å². The summed E-state index contributed by atoms with van der Waals surface area (Å²) < 4.78 is 29.1. The first-order valence-corrected chi connectivity index (χ1v) is 11.6. The van der Waals surface area contributed by atoms with E-state index in [1.54, 1.807) is 0 Å². The smallest absolute Gasteiger partial charge is 0.207 e. The molecule has 0 aliphatic heterocycles. The fraction of sp³-hybridized carbons (Fsp3) is 0.692. The van der Waals surface area contributed by atoms with Crippen LogP contribution < -0.4 is 0 Å². The third-order valence-corrected chi connectivity index (χ3v) is 7.38. The molecule has 1 aromatic carbocycles. The summed E-state index contributed by atoms with van der Waals surface area (Å²) in [4.78, 5) is 0. The van der Waals surface area contributed by atoms with E-state index in [-0.39, 0.29) is 18.3 Å². The summed E-state index contributed by atoms with van der Waals surface area (Å²) >= 11 is 0. The van der Waals surface area contributed by atoms with Crippen LogP contribution in [0.5, 0.6) is 0 Å². The van der Waals surface area contributed by atoms with E-state index >= 15 is 0 Å². The maximum Gasteiger partial charge on any atom is 0.251 e. The Labute approximate surface area is 170 Å². The van der Waals surface area contributed by atoms with E-state index in [2.05, 4.69) is 43.3 Å². The first-order valence-electron chi connectivity index (χ1n) is 11.6. The van der Waals surface area contributed by atoms with Gasteiger partial charge in [-0.15, -0.1) is 0 Å². The maximum atomic E-state index is 14.5. The van der Waals surface area contributed by atoms with Crippen molar-refractivity contribution >= 4 is 0 Å². The minimum Gasteiger partial charge on any atom is -0.207 e. The maximum absolute atomic E-state index is 14.5. The van der Waals surface area contributed by atoms with Crippen molar-refractivity contribution in [2.75, 3.05) is 0 Å². The number of benzene rings is 1. The number of hydrogen-bond donors (Lipinski definition) is 0. The van der Waals surface area contributed by atoms with Crippen LogP contribution in [0.15, 0.2) is 36.4 Å². The van der Waals surface area contributed by atoms with Crippen molar-refractivity contribution in [2.24, 2.45) is 17.8 Å². The van der Waals surface area contributed by atoms with E-state index in [0.717, 1.165) is 44.9 Å². The lowest BCUT2D eigenvalue weighted by molar-refractivity contribution is -0.114. The van der Waals surface area contributed by atoms with Crippen LogP contribution in [0, 0.1) is 17.8 Å². The van der Waals surface area contributed by atoms with E-state index in [1.165, 1.54) is 24.0 Å². The Morgan fingerprint density at radius 3 is 2.25 bits per heavy atom. The second kappa shape index (κ2) is 10.0. The topological polar surface area (TPSA) is 0 Å². The molecule has 0 heterocycles. The lowest BCUT2D eigenvalue weighted by Gasteiger charge is -2.41. The summed E-state index contributed by atoms with van der Waals surface area (Å²) in [6.07, 6.45) is 14.6. The van der Waals surface area contributed by atoms with Crippen LogP contribution in [0.4, 0.5) is 8.78 Å². The Hall–Kier alpha value is -1.18. The van der Waals surface area contributed by atoms with Gasteiger partial charge in [0.1, 0.15) is 0 Å². The van der Waals surface area contributed by atoms with Gasteiger partial charge in [-0.05, 0) is 93.6 Å². The molecule has 0 nitrogen and oxygen atoms in total. The molecule has 1 aromatic rings. The van der Waals surface area contributed by atoms with Crippen molar-refractivity contribution in [1.82, 2.24) is 0 Å². The number of allylic oxidation sites excluding steroid dienone is 2. The Morgan fingerprint density at radius 1 is 0.964 bits per heavy atom. The van der Waals surface area contributed by atoms with Crippen molar-refractivity contribution in [2.45, 2.75) is 96.3 Å². The van der Waals surface area contributed by atoms with Gasteiger partial charge in [0.2, 0.25) is 0 Å². The Bertz CT molecular complexity index is 608. The number of aryl methyl sites for hydroxylation is 1. The van der Waals surface area contributed by atoms with Gasteiger partial charge < -0.3 is 0 Å². The molecule has 2 unspecified atom stereocenters. The zero-order valence-electron chi connectivity index (χ0n) is 17.8. The molecule has 0 amide bonds. The van der Waals surface area contributed by atoms with E-state index < -0.39 is 5.92 Å². The molecular formula is C26H38F2. The first-order chi connectivity index (χ1) is 13.5. The van der Waals surface area contributed by atoms with E-state index in [4.69, 9.17) is 0 Å². The molecule has 0 radical (unpaired) electrons. The minimum absolute atomic E-state index is 0.147. The predicted octanol–water partition coefficient (Wildman–Crippen LogP) is 8.32. The Balaban J connectivity index is 1.49. The fourth-order valence-corrected chi connectivity index (χ4v) is 5.65. The highest BCUT2D eigenvalue weighted by Gasteiger charge is 2.46. The van der Waals surface area contributed by atoms with Gasteiger partial charge in [-0.2, -0.15) is 0 Å². The van der Waals surface area contributed by atoms with E-state index in [9.17, 15) is 8.78 Å². The van der Waals surface area contributed by atoms with Gasteiger partial charge in [-0.1, -0.05) is 49.8 Å². The first kappa shape index (κ1) is 21.5. The summed E-state index contributed by atoms with van der Waals surface area (Å²) in [7, 11) is 0. The van der Waals surface area contributed by atoms with Crippen molar-refractivity contribution in [3.63, 3.8) is 0 Å². The molecule has 2 aliphatic rings. The molecule has 2 aliphatic carbocycles. The van der Waals surface area contributed by atoms with Gasteiger partial charge >= 0.3 is 0 Å². The highest BCUT2D eigenvalue weighted by atomic mass is 19.3. The molecule has 0 spiro atoms. The minimum atomic E-state index is -2.43. The van der Waals surface area contributed by atoms with Crippen LogP contribution in [-0.4, -0.2) is 5.92 Å². The van der Waals surface area contributed by atoms with Gasteiger partial charge in [0.05, 0.1) is 0 Å². The standard InChI is InChI=1S/C26H38F2/c1-3-5-6-8-20-9-11-21(12-10-20)22-13-15-23(16-14-22)24-17-18-25(7-4-2)26(27,28)19-24/h3,5,9-12,22-25H,4,6-8,13-19H2,1-2H3/b5-3+. The van der Waals surface area contributed by atoms with Crippen molar-refractivity contribution in [1.29, 1.82) is 0 Å². The molecule has 3 rings (SSSR count). The number of halogens is 2. The molecule has 0 aromatic heterocycles. The number of rotatable bonds is 7. The molecular weight excluding hydrogens is 350 g/mol. The Morgan fingerprint density at radius 2 is 1.64 bits per heavy atom. The third-order valence-electron chi connectivity index (χ3n) is 7.38. The SMILES string of the molecule is C/C=C/CCc1ccc(C2CCC(C3CCC(CCC)C(F)(F)C3)CC2)cc1. The monoisotopic (exact) mass is 388 g/mol. The molecule has 2 atom stereocenters. The highest BCUT2D eigenvalue weighted by molar-refractivity contribution is 5.26. The van der Waals surface area contributed by atoms with Crippen LogP contribution in [0.3, 0.4) is 0 Å². The quantitative estimate of drug-likeness (QED) is 0.412. The van der Waals surface area contributed by atoms with Crippen LogP contribution in [0.1, 0.15) is 95.1 Å². The average Bonchev–Trinajstić information content (AvgIpc) is 2.70. The van der Waals surface area contributed by atoms with Crippen molar-refractivity contribution in [3.05, 3.63) is 47.5 Å². The summed E-state index contributed by atoms with van der Waals surface area (Å²) in [5, 5.41) is 0. The molecule has 28 heavy (non-hydrogen) atoms. The lowest BCUT2D eigenvalue weighted by atomic mass is 9.67. The number of hydrogen-bond acceptors (Lipinski definition) is 0. The number of alkyl halides is 2. The lowest BCUT2D eigenvalue weighted by Crippen LogP contribution is -2.38. The highest BCUT2D eigenvalue weighted by Crippen LogP contribution is 2.49. The predicted molar refractivity (Wildman–Crippen MR) is 115 cm³/mol. The summed E-state index contributed by atoms with van der Waals surface area (Å²) in [5.41, 5.74) is 2.85. The van der Waals surface area contributed by atoms with Crippen LogP contribution in [0.2, 0.25) is 0 Å². The van der Waals surface area contributed by atoms with Crippen LogP contribution in [0.25, 0.3) is 0 Å². The summed E-state index contributed by atoms with van der Waals surface area (Å²) in [6.45, 7) is 4.09. The van der Waals surface area contributed by atoms with Gasteiger partial charge in [-0.25, -0.2) is 8.78 Å². The van der Waals surface area contributed by atoms with Crippen LogP contribution in [-0.2, 0) is 6.42 Å². The zero-order valence-corrected chi connectivity index (χ0v) is 17.8. The molecule has 0 saturated heterocycles. The van der Waals surface area contributed by atoms with Crippen molar-refractivity contribution in [3.8, 4) is 0 Å². The normalized spacial score (nSPS) is 30.6. The second-order valence-electron chi connectivity index (χ2n) is 9.25. The molecule has 156 valence electrons. The van der Waals surface area contributed by atoms with Crippen LogP contribution >= 0.6 is 0 Å². The molecule has 0 N–H and O–H groups in total. The molecule has 2 heteroatoms. The van der Waals surface area contributed by atoms with Crippen molar-refractivity contribution < 1.29 is 8.78 Å². The second-order valence-corrected chi connectivity index (χ2v) is 9.25. The molecule has 2 saturated carbocycles. The summed E-state index contributed by atoms with van der Waals surface area (Å²) in [5.74, 6) is -1.41. The molecule has 0 bridgehead atoms. The van der Waals surface area contributed by atoms with E-state index in [0.29, 0.717) is 18.3 Å². The van der Waals surface area contributed by atoms with Gasteiger partial charge in [0, 0.05) is 12.3 Å². The average molecular weight is 389 g/mol. The fourth-order valence-electron chi connectivity index (χ4n) is 5.65. The van der Waals surface area contributed by atoms with E-state index in [1.807, 2.05) is 6.92 Å². The van der Waals surface area contributed by atoms with Gasteiger partial charge in [0.25, 0.3) is 5.92 Å². The summed E-state index contributed by atoms with van der Waals surface area (Å²) in [6, 6.07) is 9.17. The van der Waals surface area contributed by atoms with Gasteiger partial charge in [-0.3, -0.25) is 0 Å². The Kier molecular flexibility index (Phi) is 7.71. The third kappa shape index (κ3) is 5.45. The molecule has 2 fully saturated rings.